The molecule has 0 bridgehead atoms. The van der Waals surface area contributed by atoms with Crippen LogP contribution in [0, 0.1) is 0 Å². The fraction of sp³-hybridized carbons (Fsp3) is 0.600. The van der Waals surface area contributed by atoms with E-state index in [4.69, 9.17) is 11.6 Å². The first-order valence-corrected chi connectivity index (χ1v) is 6.71. The quantitative estimate of drug-likeness (QED) is 0.453. The van der Waals surface area contributed by atoms with Crippen molar-refractivity contribution in [3.05, 3.63) is 12.4 Å². The molecule has 0 spiro atoms. The molecule has 0 aromatic carbocycles. The molecule has 0 aliphatic carbocycles. The Balaban J connectivity index is 2.08. The molecule has 0 amide bonds. The van der Waals surface area contributed by atoms with Gasteiger partial charge in [-0.1, -0.05) is 0 Å². The third-order valence-electron chi connectivity index (χ3n) is 2.59. The maximum Gasteiger partial charge on any atom is 0.133 e. The molecule has 82 valence electrons. The zero-order valence-electron chi connectivity index (χ0n) is 8.69. The average Bonchev–Trinajstić information content (AvgIpc) is 2.30. The van der Waals surface area contributed by atoms with E-state index in [-0.39, 0.29) is 0 Å². The molecule has 1 aliphatic rings. The van der Waals surface area contributed by atoms with Gasteiger partial charge in [-0.15, -0.1) is 23.4 Å². The summed E-state index contributed by atoms with van der Waals surface area (Å²) in [6, 6.07) is 2.04. The highest BCUT2D eigenvalue weighted by atomic mass is 35.5. The number of anilines is 1. The topological polar surface area (TPSA) is 29.0 Å². The van der Waals surface area contributed by atoms with Gasteiger partial charge in [0.1, 0.15) is 17.2 Å². The third kappa shape index (κ3) is 2.75. The van der Waals surface area contributed by atoms with Crippen LogP contribution in [0.2, 0.25) is 0 Å². The fourth-order valence-electron chi connectivity index (χ4n) is 1.69. The molecule has 1 aromatic heterocycles. The lowest BCUT2D eigenvalue weighted by Crippen LogP contribution is -2.34. The second-order valence-corrected chi connectivity index (χ2v) is 5.02. The summed E-state index contributed by atoms with van der Waals surface area (Å²) in [4.78, 5) is 10.7. The van der Waals surface area contributed by atoms with E-state index in [0.717, 1.165) is 36.8 Å². The Morgan fingerprint density at radius 2 is 2.13 bits per heavy atom. The first-order valence-electron chi connectivity index (χ1n) is 5.04. The van der Waals surface area contributed by atoms with Crippen molar-refractivity contribution < 1.29 is 0 Å². The minimum Gasteiger partial charge on any atom is -0.356 e. The Bertz CT molecular complexity index is 326. The maximum absolute atomic E-state index is 6.06. The van der Waals surface area contributed by atoms with Gasteiger partial charge in [0.15, 0.2) is 0 Å². The van der Waals surface area contributed by atoms with Crippen LogP contribution in [-0.2, 0) is 0 Å². The fourth-order valence-corrected chi connectivity index (χ4v) is 2.26. The zero-order valence-corrected chi connectivity index (χ0v) is 10.3. The summed E-state index contributed by atoms with van der Waals surface area (Å²) in [7, 11) is 0. The van der Waals surface area contributed by atoms with E-state index in [1.54, 1.807) is 18.1 Å². The van der Waals surface area contributed by atoms with Gasteiger partial charge in [-0.2, -0.15) is 0 Å². The first-order chi connectivity index (χ1) is 7.29. The van der Waals surface area contributed by atoms with E-state index in [1.165, 1.54) is 0 Å². The number of halogens is 1. The van der Waals surface area contributed by atoms with Crippen molar-refractivity contribution in [1.82, 2.24) is 9.97 Å². The van der Waals surface area contributed by atoms with E-state index in [1.807, 2.05) is 12.3 Å². The lowest BCUT2D eigenvalue weighted by Gasteiger charge is -2.30. The number of alkyl halides is 1. The highest BCUT2D eigenvalue weighted by molar-refractivity contribution is 7.98. The van der Waals surface area contributed by atoms with Crippen LogP contribution in [0.3, 0.4) is 0 Å². The van der Waals surface area contributed by atoms with Crippen molar-refractivity contribution in [3.63, 3.8) is 0 Å². The van der Waals surface area contributed by atoms with Gasteiger partial charge < -0.3 is 4.90 Å². The summed E-state index contributed by atoms with van der Waals surface area (Å²) in [5.74, 6) is 1.03. The SMILES string of the molecule is CSc1cc(N2CCC(Cl)CC2)ncn1. The van der Waals surface area contributed by atoms with Crippen LogP contribution in [0.25, 0.3) is 0 Å². The standard InChI is InChI=1S/C10H14ClN3S/c1-15-10-6-9(12-7-13-10)14-4-2-8(11)3-5-14/h6-8H,2-5H2,1H3. The normalized spacial score (nSPS) is 18.1. The number of thioether (sulfide) groups is 1. The summed E-state index contributed by atoms with van der Waals surface area (Å²) in [5, 5.41) is 1.36. The molecule has 15 heavy (non-hydrogen) atoms. The number of hydrogen-bond donors (Lipinski definition) is 0. The van der Waals surface area contributed by atoms with Crippen LogP contribution in [0.4, 0.5) is 5.82 Å². The molecule has 0 radical (unpaired) electrons. The molecule has 0 N–H and O–H groups in total. The van der Waals surface area contributed by atoms with Crippen molar-refractivity contribution in [3.8, 4) is 0 Å². The lowest BCUT2D eigenvalue weighted by molar-refractivity contribution is 0.579. The Morgan fingerprint density at radius 1 is 1.40 bits per heavy atom. The van der Waals surface area contributed by atoms with Crippen molar-refractivity contribution in [2.75, 3.05) is 24.2 Å². The van der Waals surface area contributed by atoms with Crippen LogP contribution in [-0.4, -0.2) is 34.7 Å². The Kier molecular flexibility index (Phi) is 3.70. The van der Waals surface area contributed by atoms with Crippen LogP contribution < -0.4 is 4.90 Å². The molecule has 5 heteroatoms. The molecule has 1 aromatic rings. The van der Waals surface area contributed by atoms with Gasteiger partial charge in [-0.3, -0.25) is 0 Å². The maximum atomic E-state index is 6.06. The highest BCUT2D eigenvalue weighted by Crippen LogP contribution is 2.22. The van der Waals surface area contributed by atoms with E-state index < -0.39 is 0 Å². The van der Waals surface area contributed by atoms with Crippen molar-refractivity contribution >= 4 is 29.2 Å². The van der Waals surface area contributed by atoms with Gasteiger partial charge in [0.05, 0.1) is 0 Å². The monoisotopic (exact) mass is 243 g/mol. The number of aromatic nitrogens is 2. The lowest BCUT2D eigenvalue weighted by atomic mass is 10.1. The Morgan fingerprint density at radius 3 is 2.80 bits per heavy atom. The summed E-state index contributed by atoms with van der Waals surface area (Å²) >= 11 is 7.71. The first kappa shape index (κ1) is 11.0. The molecule has 0 saturated carbocycles. The van der Waals surface area contributed by atoms with Crippen molar-refractivity contribution in [2.24, 2.45) is 0 Å². The van der Waals surface area contributed by atoms with E-state index in [9.17, 15) is 0 Å². The smallest absolute Gasteiger partial charge is 0.133 e. The number of nitrogens with zero attached hydrogens (tertiary/aromatic N) is 3. The molecule has 0 atom stereocenters. The molecule has 3 nitrogen and oxygen atoms in total. The largest absolute Gasteiger partial charge is 0.356 e. The minimum absolute atomic E-state index is 0.336. The third-order valence-corrected chi connectivity index (χ3v) is 3.66. The number of hydrogen-bond acceptors (Lipinski definition) is 4. The summed E-state index contributed by atoms with van der Waals surface area (Å²) in [6.07, 6.45) is 5.74. The van der Waals surface area contributed by atoms with E-state index in [0.29, 0.717) is 5.38 Å². The average molecular weight is 244 g/mol. The predicted octanol–water partition coefficient (Wildman–Crippen LogP) is 2.41. The van der Waals surface area contributed by atoms with Crippen LogP contribution in [0.5, 0.6) is 0 Å². The summed E-state index contributed by atoms with van der Waals surface area (Å²) in [6.45, 7) is 2.00. The van der Waals surface area contributed by atoms with Crippen LogP contribution in [0.1, 0.15) is 12.8 Å². The number of piperidine rings is 1. The molecule has 1 fully saturated rings. The molecular formula is C10H14ClN3S. The van der Waals surface area contributed by atoms with Gasteiger partial charge in [0, 0.05) is 24.5 Å². The van der Waals surface area contributed by atoms with E-state index >= 15 is 0 Å². The zero-order chi connectivity index (χ0) is 10.7. The minimum atomic E-state index is 0.336. The summed E-state index contributed by atoms with van der Waals surface area (Å²) < 4.78 is 0. The molecule has 2 rings (SSSR count). The molecule has 1 aliphatic heterocycles. The second-order valence-electron chi connectivity index (χ2n) is 3.58. The van der Waals surface area contributed by atoms with Crippen LogP contribution in [0.15, 0.2) is 17.4 Å². The van der Waals surface area contributed by atoms with Gasteiger partial charge in [0.25, 0.3) is 0 Å². The van der Waals surface area contributed by atoms with Gasteiger partial charge in [-0.05, 0) is 19.1 Å². The van der Waals surface area contributed by atoms with Gasteiger partial charge >= 0.3 is 0 Å². The molecule has 0 unspecified atom stereocenters. The second kappa shape index (κ2) is 5.03. The molecule has 1 saturated heterocycles. The number of rotatable bonds is 2. The molecule has 2 heterocycles. The predicted molar refractivity (Wildman–Crippen MR) is 64.9 cm³/mol. The van der Waals surface area contributed by atoms with E-state index in [2.05, 4.69) is 14.9 Å². The Labute approximate surface area is 99.2 Å². The Hall–Kier alpha value is -0.480. The van der Waals surface area contributed by atoms with Gasteiger partial charge in [-0.25, -0.2) is 9.97 Å². The molecular weight excluding hydrogens is 230 g/mol. The van der Waals surface area contributed by atoms with Crippen molar-refractivity contribution in [2.45, 2.75) is 23.2 Å². The van der Waals surface area contributed by atoms with Crippen molar-refractivity contribution in [1.29, 1.82) is 0 Å². The van der Waals surface area contributed by atoms with Gasteiger partial charge in [0.2, 0.25) is 0 Å². The highest BCUT2D eigenvalue weighted by Gasteiger charge is 2.18. The van der Waals surface area contributed by atoms with Crippen LogP contribution >= 0.6 is 23.4 Å². The summed E-state index contributed by atoms with van der Waals surface area (Å²) in [5.41, 5.74) is 0.